The second-order valence-corrected chi connectivity index (χ2v) is 4.66. The molecule has 0 aromatic carbocycles. The summed E-state index contributed by atoms with van der Waals surface area (Å²) in [5.41, 5.74) is 5.86. The monoisotopic (exact) mass is 230 g/mol. The van der Waals surface area contributed by atoms with Gasteiger partial charge in [-0.3, -0.25) is 4.90 Å². The van der Waals surface area contributed by atoms with Crippen LogP contribution in [0.3, 0.4) is 0 Å². The summed E-state index contributed by atoms with van der Waals surface area (Å²) in [5.74, 6) is 0. The first kappa shape index (κ1) is 10.9. The highest BCUT2D eigenvalue weighted by atomic mass is 16.6. The van der Waals surface area contributed by atoms with Crippen molar-refractivity contribution in [3.63, 3.8) is 0 Å². The Kier molecular flexibility index (Phi) is 2.66. The van der Waals surface area contributed by atoms with Crippen molar-refractivity contribution in [1.82, 2.24) is 4.90 Å². The molecule has 0 radical (unpaired) electrons. The number of nitrogens with two attached hydrogens (primary N) is 1. The summed E-state index contributed by atoms with van der Waals surface area (Å²) in [7, 11) is 0. The molecule has 0 saturated carbocycles. The Balaban J connectivity index is 1.81. The van der Waals surface area contributed by atoms with Crippen LogP contribution in [0.1, 0.15) is 13.3 Å². The molecule has 3 rings (SSSR count). The molecule has 6 atom stereocenters. The third kappa shape index (κ3) is 1.57. The lowest BCUT2D eigenvalue weighted by atomic mass is 9.99. The predicted molar refractivity (Wildman–Crippen MR) is 54.3 cm³/mol. The fourth-order valence-corrected chi connectivity index (χ4v) is 2.92. The largest absolute Gasteiger partial charge is 0.368 e. The molecule has 3 N–H and O–H groups in total. The van der Waals surface area contributed by atoms with Crippen molar-refractivity contribution in [3.05, 3.63) is 0 Å². The fourth-order valence-electron chi connectivity index (χ4n) is 2.92. The first-order valence-electron chi connectivity index (χ1n) is 5.79. The number of aliphatic hydroxyl groups is 1. The summed E-state index contributed by atoms with van der Waals surface area (Å²) < 4.78 is 16.6. The van der Waals surface area contributed by atoms with Gasteiger partial charge in [0.2, 0.25) is 0 Å². The van der Waals surface area contributed by atoms with Crippen LogP contribution in [-0.2, 0) is 14.2 Å². The Morgan fingerprint density at radius 2 is 2.19 bits per heavy atom. The van der Waals surface area contributed by atoms with E-state index in [0.29, 0.717) is 13.0 Å². The average Bonchev–Trinajstić information content (AvgIpc) is 2.59. The minimum Gasteiger partial charge on any atom is -0.368 e. The van der Waals surface area contributed by atoms with E-state index in [1.807, 2.05) is 6.92 Å². The van der Waals surface area contributed by atoms with Crippen LogP contribution in [0.25, 0.3) is 0 Å². The number of ether oxygens (including phenoxy) is 3. The first-order chi connectivity index (χ1) is 7.66. The molecule has 3 fully saturated rings. The Labute approximate surface area is 94.2 Å². The van der Waals surface area contributed by atoms with Gasteiger partial charge >= 0.3 is 0 Å². The van der Waals surface area contributed by atoms with Crippen molar-refractivity contribution in [2.75, 3.05) is 13.2 Å². The van der Waals surface area contributed by atoms with E-state index in [9.17, 15) is 5.11 Å². The molecular weight excluding hydrogens is 212 g/mol. The number of hydrogen-bond acceptors (Lipinski definition) is 6. The summed E-state index contributed by atoms with van der Waals surface area (Å²) in [5, 5.41) is 9.62. The highest BCUT2D eigenvalue weighted by Crippen LogP contribution is 2.36. The molecule has 0 aromatic heterocycles. The summed E-state index contributed by atoms with van der Waals surface area (Å²) >= 11 is 0. The van der Waals surface area contributed by atoms with Gasteiger partial charge < -0.3 is 25.1 Å². The van der Waals surface area contributed by atoms with Gasteiger partial charge in [0.1, 0.15) is 12.3 Å². The predicted octanol–water partition coefficient (Wildman–Crippen LogP) is -1.18. The molecule has 0 aromatic rings. The van der Waals surface area contributed by atoms with Crippen LogP contribution in [0.4, 0.5) is 0 Å². The maximum atomic E-state index is 9.62. The van der Waals surface area contributed by atoms with Gasteiger partial charge in [-0.2, -0.15) is 0 Å². The molecule has 92 valence electrons. The molecule has 3 heterocycles. The normalized spacial score (nSPS) is 53.4. The van der Waals surface area contributed by atoms with Crippen LogP contribution in [-0.4, -0.2) is 60.2 Å². The number of morpholine rings is 1. The zero-order valence-electron chi connectivity index (χ0n) is 9.28. The van der Waals surface area contributed by atoms with Crippen molar-refractivity contribution in [3.8, 4) is 0 Å². The van der Waals surface area contributed by atoms with Gasteiger partial charge in [0, 0.05) is 19.0 Å². The fraction of sp³-hybridized carbons (Fsp3) is 1.00. The molecule has 6 nitrogen and oxygen atoms in total. The van der Waals surface area contributed by atoms with E-state index >= 15 is 0 Å². The zero-order chi connectivity index (χ0) is 11.3. The van der Waals surface area contributed by atoms with E-state index in [-0.39, 0.29) is 24.5 Å². The van der Waals surface area contributed by atoms with E-state index in [4.69, 9.17) is 19.9 Å². The van der Waals surface area contributed by atoms with E-state index in [2.05, 4.69) is 4.90 Å². The van der Waals surface area contributed by atoms with Crippen LogP contribution in [0, 0.1) is 0 Å². The maximum absolute atomic E-state index is 9.62. The lowest BCUT2D eigenvalue weighted by molar-refractivity contribution is -0.201. The van der Waals surface area contributed by atoms with Gasteiger partial charge in [-0.25, -0.2) is 0 Å². The SMILES string of the molecule is CC1OC(O)CC2C1OC1C(N)OCCN21. The highest BCUT2D eigenvalue weighted by Gasteiger charge is 2.51. The van der Waals surface area contributed by atoms with E-state index in [1.165, 1.54) is 0 Å². The van der Waals surface area contributed by atoms with Crippen LogP contribution in [0.15, 0.2) is 0 Å². The van der Waals surface area contributed by atoms with Crippen molar-refractivity contribution in [1.29, 1.82) is 0 Å². The molecule has 16 heavy (non-hydrogen) atoms. The lowest BCUT2D eigenvalue weighted by Gasteiger charge is -2.38. The van der Waals surface area contributed by atoms with Crippen molar-refractivity contribution in [2.45, 2.75) is 50.3 Å². The average molecular weight is 230 g/mol. The molecule has 3 aliphatic heterocycles. The number of hydrogen-bond donors (Lipinski definition) is 2. The Hall–Kier alpha value is -0.240. The zero-order valence-corrected chi connectivity index (χ0v) is 9.28. The van der Waals surface area contributed by atoms with Crippen LogP contribution < -0.4 is 5.73 Å². The quantitative estimate of drug-likeness (QED) is 0.546. The van der Waals surface area contributed by atoms with E-state index in [0.717, 1.165) is 6.54 Å². The van der Waals surface area contributed by atoms with Gasteiger partial charge in [0.25, 0.3) is 0 Å². The van der Waals surface area contributed by atoms with Gasteiger partial charge in [0.05, 0.1) is 12.7 Å². The van der Waals surface area contributed by atoms with Crippen molar-refractivity contribution >= 4 is 0 Å². The molecular formula is C10H18N2O4. The topological polar surface area (TPSA) is 77.2 Å². The van der Waals surface area contributed by atoms with E-state index in [1.54, 1.807) is 0 Å². The second kappa shape index (κ2) is 3.90. The molecule has 0 spiro atoms. The molecule has 6 heteroatoms. The minimum absolute atomic E-state index is 0.0128. The Bertz CT molecular complexity index is 278. The first-order valence-corrected chi connectivity index (χ1v) is 5.79. The molecule has 6 unspecified atom stereocenters. The smallest absolute Gasteiger partial charge is 0.156 e. The van der Waals surface area contributed by atoms with Gasteiger partial charge in [0.15, 0.2) is 12.5 Å². The molecule has 0 amide bonds. The number of aliphatic hydroxyl groups excluding tert-OH is 1. The highest BCUT2D eigenvalue weighted by molar-refractivity contribution is 4.97. The standard InChI is InChI=1S/C10H18N2O4/c1-5-8-6(4-7(13)15-5)12-2-3-14-9(11)10(12)16-8/h5-10,13H,2-4,11H2,1H3. The van der Waals surface area contributed by atoms with Crippen LogP contribution in [0.5, 0.6) is 0 Å². The third-order valence-electron chi connectivity index (χ3n) is 3.65. The second-order valence-electron chi connectivity index (χ2n) is 4.66. The lowest BCUT2D eigenvalue weighted by Crippen LogP contribution is -2.56. The summed E-state index contributed by atoms with van der Waals surface area (Å²) in [6.07, 6.45) is -0.827. The summed E-state index contributed by atoms with van der Waals surface area (Å²) in [6, 6.07) is 0.193. The van der Waals surface area contributed by atoms with Gasteiger partial charge in [-0.15, -0.1) is 0 Å². The Morgan fingerprint density at radius 3 is 3.00 bits per heavy atom. The molecule has 3 aliphatic rings. The van der Waals surface area contributed by atoms with Crippen LogP contribution in [0.2, 0.25) is 0 Å². The number of fused-ring (bicyclic) bond motifs is 3. The molecule has 0 bridgehead atoms. The summed E-state index contributed by atoms with van der Waals surface area (Å²) in [6.45, 7) is 3.35. The minimum atomic E-state index is -0.697. The van der Waals surface area contributed by atoms with Crippen molar-refractivity contribution in [2.24, 2.45) is 5.73 Å². The molecule has 0 aliphatic carbocycles. The Morgan fingerprint density at radius 1 is 1.38 bits per heavy atom. The van der Waals surface area contributed by atoms with Gasteiger partial charge in [-0.1, -0.05) is 0 Å². The maximum Gasteiger partial charge on any atom is 0.156 e. The van der Waals surface area contributed by atoms with Crippen LogP contribution >= 0.6 is 0 Å². The van der Waals surface area contributed by atoms with Crippen molar-refractivity contribution < 1.29 is 19.3 Å². The number of nitrogens with zero attached hydrogens (tertiary/aromatic N) is 1. The summed E-state index contributed by atoms with van der Waals surface area (Å²) in [4.78, 5) is 2.20. The van der Waals surface area contributed by atoms with Gasteiger partial charge in [-0.05, 0) is 6.92 Å². The molecule has 3 saturated heterocycles. The third-order valence-corrected chi connectivity index (χ3v) is 3.65. The number of rotatable bonds is 0. The van der Waals surface area contributed by atoms with E-state index < -0.39 is 12.5 Å².